The summed E-state index contributed by atoms with van der Waals surface area (Å²) in [5.41, 5.74) is -3.44. The number of likely N-dealkylation sites (N-methyl/N-ethyl adjacent to an activating group) is 1. The van der Waals surface area contributed by atoms with E-state index in [1.165, 1.54) is 17.0 Å². The number of carbonyl (C=O) groups is 8. The molecule has 0 spiro atoms. The van der Waals surface area contributed by atoms with Crippen LogP contribution in [0.1, 0.15) is 29.0 Å². The van der Waals surface area contributed by atoms with Crippen LogP contribution in [0.15, 0.2) is 58.7 Å². The lowest BCUT2D eigenvalue weighted by Crippen LogP contribution is -2.85. The zero-order chi connectivity index (χ0) is 36.3. The van der Waals surface area contributed by atoms with Crippen LogP contribution in [0.2, 0.25) is 0 Å². The van der Waals surface area contributed by atoms with Crippen molar-refractivity contribution in [2.75, 3.05) is 31.9 Å². The van der Waals surface area contributed by atoms with E-state index in [9.17, 15) is 53.4 Å². The molecule has 7 N–H and O–H groups in total. The Hall–Kier alpha value is -6.18. The van der Waals surface area contributed by atoms with Gasteiger partial charge in [-0.3, -0.25) is 43.4 Å². The summed E-state index contributed by atoms with van der Waals surface area (Å²) in [4.78, 5) is 120. The number of amides is 8. The topological polar surface area (TPSA) is 268 Å². The highest BCUT2D eigenvalue weighted by Crippen LogP contribution is 2.45. The number of benzene rings is 1. The van der Waals surface area contributed by atoms with Crippen LogP contribution in [0.5, 0.6) is 5.75 Å². The van der Waals surface area contributed by atoms with E-state index in [0.717, 1.165) is 28.9 Å². The lowest BCUT2D eigenvalue weighted by Gasteiger charge is -2.56. The Bertz CT molecular complexity index is 1880. The number of aromatic nitrogens is 1. The fraction of sp³-hybridized carbons (Fsp3) is 0.300. The van der Waals surface area contributed by atoms with Crippen LogP contribution >= 0.6 is 11.8 Å². The number of nitrogens with one attached hydrogen (secondary N) is 5. The van der Waals surface area contributed by atoms with Gasteiger partial charge in [0.25, 0.3) is 11.8 Å². The maximum atomic E-state index is 13.9. The van der Waals surface area contributed by atoms with E-state index in [2.05, 4.69) is 26.3 Å². The maximum absolute atomic E-state index is 13.9. The molecule has 8 amide bonds. The van der Waals surface area contributed by atoms with Gasteiger partial charge in [-0.1, -0.05) is 30.3 Å². The van der Waals surface area contributed by atoms with Crippen molar-refractivity contribution in [1.82, 2.24) is 41.0 Å². The summed E-state index contributed by atoms with van der Waals surface area (Å²) in [5, 5.41) is 27.9. The number of hydrogen-bond donors (Lipinski definition) is 7. The number of aliphatic carboxylic acids is 1. The second kappa shape index (κ2) is 14.1. The van der Waals surface area contributed by atoms with Crippen molar-refractivity contribution in [3.05, 3.63) is 75.3 Å². The number of thioether (sulfide) groups is 1. The number of hydrogen-bond acceptors (Lipinski definition) is 11. The van der Waals surface area contributed by atoms with Crippen molar-refractivity contribution < 1.29 is 48.6 Å². The Balaban J connectivity index is 1.37. The predicted octanol–water partition coefficient (Wildman–Crippen LogP) is -2.24. The van der Waals surface area contributed by atoms with Crippen LogP contribution in [-0.4, -0.2) is 121 Å². The molecule has 20 heteroatoms. The van der Waals surface area contributed by atoms with Gasteiger partial charge in [-0.15, -0.1) is 11.8 Å². The van der Waals surface area contributed by atoms with Crippen LogP contribution in [0.25, 0.3) is 0 Å². The first-order valence-corrected chi connectivity index (χ1v) is 16.0. The lowest BCUT2D eigenvalue weighted by atomic mass is 9.94. The van der Waals surface area contributed by atoms with E-state index < -0.39 is 75.5 Å². The maximum Gasteiger partial charge on any atom is 0.352 e. The Kier molecular flexibility index (Phi) is 9.92. The minimum Gasteiger partial charge on any atom is -0.503 e. The third-order valence-electron chi connectivity index (χ3n) is 8.16. The molecule has 50 heavy (non-hydrogen) atoms. The van der Waals surface area contributed by atoms with Gasteiger partial charge in [-0.2, -0.15) is 0 Å². The number of H-pyrrole nitrogens is 1. The van der Waals surface area contributed by atoms with Crippen LogP contribution in [-0.2, 0) is 28.8 Å². The molecule has 3 aliphatic heterocycles. The Morgan fingerprint density at radius 3 is 2.46 bits per heavy atom. The number of piperazine rings is 1. The van der Waals surface area contributed by atoms with Gasteiger partial charge in [0, 0.05) is 44.2 Å². The number of urea groups is 1. The molecule has 0 aliphatic carbocycles. The van der Waals surface area contributed by atoms with Gasteiger partial charge < -0.3 is 41.4 Å². The van der Waals surface area contributed by atoms with Crippen LogP contribution < -0.4 is 26.7 Å². The number of carboxylic acids is 1. The van der Waals surface area contributed by atoms with E-state index in [-0.39, 0.29) is 55.2 Å². The number of carboxylic acid groups (broad SMARTS) is 1. The molecule has 5 rings (SSSR count). The van der Waals surface area contributed by atoms with Gasteiger partial charge in [-0.25, -0.2) is 9.59 Å². The van der Waals surface area contributed by atoms with E-state index in [0.29, 0.717) is 4.90 Å². The molecule has 19 nitrogen and oxygen atoms in total. The second-order valence-electron chi connectivity index (χ2n) is 11.1. The summed E-state index contributed by atoms with van der Waals surface area (Å²) in [6.07, 6.45) is 1.05. The van der Waals surface area contributed by atoms with Crippen molar-refractivity contribution >= 4 is 59.7 Å². The molecule has 1 aromatic heterocycles. The summed E-state index contributed by atoms with van der Waals surface area (Å²) in [6, 6.07) is 5.96. The molecule has 0 bridgehead atoms. The monoisotopic (exact) mass is 710 g/mol. The smallest absolute Gasteiger partial charge is 0.352 e. The third-order valence-corrected chi connectivity index (χ3v) is 9.55. The quantitative estimate of drug-likeness (QED) is 0.0565. The molecule has 2 saturated heterocycles. The van der Waals surface area contributed by atoms with Crippen LogP contribution in [0.4, 0.5) is 4.79 Å². The molecule has 3 atom stereocenters. The number of β-lactam (4-membered cyclic amide) rings is 1. The average molecular weight is 711 g/mol. The Morgan fingerprint density at radius 2 is 1.82 bits per heavy atom. The standard InChI is InChI=1S/C30H30N8O11S/c1-2-36-8-9-37(25(45)24(36)44)29(49)34-20(15-6-4-3-5-7-15)23(43)35-30(33-14-39)27(48)38-21(26(46)47)16(13-50-28(30)38)11-32-22(42)17-10-18(40)19(41)12-31-17/h3-7,10,12,14,20,28,41H,2,8-9,11,13H2,1H3,(H,31,40)(H,32,42)(H,33,39)(H,34,49)(H,35,43)(H,46,47)/t20-,28-,30-/m1/s1. The van der Waals surface area contributed by atoms with Crippen molar-refractivity contribution in [3.8, 4) is 5.75 Å². The SMILES string of the molecule is CCN1CCN(C(=O)N[C@@H](C(=O)N[C@]2(NC=O)C(=O)N3C(C(=O)O)=C(CNC(=O)c4cc(=O)c(O)c[nH]4)CS[C@@H]32)c2ccccc2)C(=O)C1=O. The Labute approximate surface area is 286 Å². The van der Waals surface area contributed by atoms with Gasteiger partial charge in [0.2, 0.25) is 23.4 Å². The summed E-state index contributed by atoms with van der Waals surface area (Å²) >= 11 is 0.957. The predicted molar refractivity (Wildman–Crippen MR) is 171 cm³/mol. The summed E-state index contributed by atoms with van der Waals surface area (Å²) in [5.74, 6) is -7.12. The van der Waals surface area contributed by atoms with Crippen molar-refractivity contribution in [1.29, 1.82) is 0 Å². The number of imide groups is 1. The number of aromatic amines is 1. The molecule has 1 aromatic carbocycles. The summed E-state index contributed by atoms with van der Waals surface area (Å²) < 4.78 is 0. The highest BCUT2D eigenvalue weighted by Gasteiger charge is 2.66. The number of pyridine rings is 1. The summed E-state index contributed by atoms with van der Waals surface area (Å²) in [7, 11) is 0. The highest BCUT2D eigenvalue weighted by atomic mass is 32.2. The van der Waals surface area contributed by atoms with E-state index in [1.54, 1.807) is 25.1 Å². The molecule has 0 unspecified atom stereocenters. The molecule has 0 radical (unpaired) electrons. The van der Waals surface area contributed by atoms with Gasteiger partial charge in [0.1, 0.15) is 22.8 Å². The zero-order valence-corrected chi connectivity index (χ0v) is 26.9. The minimum absolute atomic E-state index is 0.0771. The van der Waals surface area contributed by atoms with Gasteiger partial charge in [0.05, 0.1) is 0 Å². The third kappa shape index (κ3) is 6.34. The Morgan fingerprint density at radius 1 is 1.10 bits per heavy atom. The van der Waals surface area contributed by atoms with Crippen molar-refractivity contribution in [2.45, 2.75) is 24.0 Å². The molecular formula is C30H30N8O11S. The van der Waals surface area contributed by atoms with E-state index >= 15 is 0 Å². The molecule has 262 valence electrons. The van der Waals surface area contributed by atoms with Crippen molar-refractivity contribution in [2.24, 2.45) is 0 Å². The number of fused-ring (bicyclic) bond motifs is 1. The first-order valence-electron chi connectivity index (χ1n) is 14.9. The fourth-order valence-electron chi connectivity index (χ4n) is 5.59. The molecule has 3 aliphatic rings. The minimum atomic E-state index is -2.18. The largest absolute Gasteiger partial charge is 0.503 e. The van der Waals surface area contributed by atoms with Gasteiger partial charge >= 0.3 is 23.8 Å². The normalized spacial score (nSPS) is 20.7. The van der Waals surface area contributed by atoms with E-state index in [4.69, 9.17) is 0 Å². The molecule has 2 aromatic rings. The number of nitrogens with zero attached hydrogens (tertiary/aromatic N) is 3. The van der Waals surface area contributed by atoms with Crippen LogP contribution in [0.3, 0.4) is 0 Å². The van der Waals surface area contributed by atoms with Gasteiger partial charge in [0.15, 0.2) is 5.75 Å². The highest BCUT2D eigenvalue weighted by molar-refractivity contribution is 8.00. The molecule has 4 heterocycles. The number of carbonyl (C=O) groups excluding carboxylic acids is 7. The first-order chi connectivity index (χ1) is 23.8. The number of rotatable bonds is 11. The zero-order valence-electron chi connectivity index (χ0n) is 26.1. The molecule has 2 fully saturated rings. The molecule has 0 saturated carbocycles. The number of aromatic hydroxyl groups is 1. The van der Waals surface area contributed by atoms with Crippen molar-refractivity contribution in [3.63, 3.8) is 0 Å². The van der Waals surface area contributed by atoms with Gasteiger partial charge in [-0.05, 0) is 18.1 Å². The molecular weight excluding hydrogens is 680 g/mol. The summed E-state index contributed by atoms with van der Waals surface area (Å²) in [6.45, 7) is 1.49. The lowest BCUT2D eigenvalue weighted by molar-refractivity contribution is -0.163. The average Bonchev–Trinajstić information content (AvgIpc) is 3.11. The van der Waals surface area contributed by atoms with Crippen LogP contribution in [0, 0.1) is 0 Å². The second-order valence-corrected chi connectivity index (χ2v) is 12.1. The first kappa shape index (κ1) is 35.1. The van der Waals surface area contributed by atoms with E-state index in [1.807, 2.05) is 0 Å². The fourth-order valence-corrected chi connectivity index (χ4v) is 7.02.